The highest BCUT2D eigenvalue weighted by Crippen LogP contribution is 2.23. The first-order valence-electron chi connectivity index (χ1n) is 6.71. The quantitative estimate of drug-likeness (QED) is 0.673. The fraction of sp³-hybridized carbons (Fsp3) is 0.125. The van der Waals surface area contributed by atoms with Crippen LogP contribution in [0, 0.1) is 0 Å². The second-order valence-corrected chi connectivity index (χ2v) is 5.13. The maximum Gasteiger partial charge on any atom is 0.278 e. The molecule has 1 aromatic heterocycles. The van der Waals surface area contributed by atoms with Crippen LogP contribution in [0.5, 0.6) is 0 Å². The van der Waals surface area contributed by atoms with Gasteiger partial charge >= 0.3 is 0 Å². The molecule has 1 unspecified atom stereocenters. The molecule has 1 aliphatic rings. The average molecular weight is 280 g/mol. The zero-order valence-corrected chi connectivity index (χ0v) is 11.1. The van der Waals surface area contributed by atoms with Crippen LogP contribution in [0.4, 0.5) is 0 Å². The minimum Gasteiger partial charge on any atom is -0.371 e. The van der Waals surface area contributed by atoms with E-state index in [1.165, 1.54) is 4.68 Å². The molecule has 0 fully saturated rings. The van der Waals surface area contributed by atoms with Gasteiger partial charge in [0.2, 0.25) is 0 Å². The predicted molar refractivity (Wildman–Crippen MR) is 78.8 cm³/mol. The summed E-state index contributed by atoms with van der Waals surface area (Å²) in [5, 5.41) is 11.0. The number of aliphatic hydroxyl groups is 1. The van der Waals surface area contributed by atoms with Crippen LogP contribution in [-0.4, -0.2) is 14.5 Å². The Hall–Kier alpha value is -2.66. The minimum absolute atomic E-state index is 0.295. The Morgan fingerprint density at radius 2 is 1.52 bits per heavy atom. The molecule has 1 N–H and O–H groups in total. The third kappa shape index (κ3) is 1.55. The second-order valence-electron chi connectivity index (χ2n) is 5.13. The van der Waals surface area contributed by atoms with Gasteiger partial charge in [0.05, 0.1) is 16.5 Å². The van der Waals surface area contributed by atoms with Crippen LogP contribution < -0.4 is 11.1 Å². The summed E-state index contributed by atoms with van der Waals surface area (Å²) in [5.41, 5.74) is 0.848. The molecule has 0 aliphatic carbocycles. The number of hydrogen-bond acceptors (Lipinski definition) is 3. The largest absolute Gasteiger partial charge is 0.371 e. The van der Waals surface area contributed by atoms with Crippen molar-refractivity contribution < 1.29 is 5.11 Å². The van der Waals surface area contributed by atoms with E-state index >= 15 is 0 Å². The molecule has 0 saturated carbocycles. The molecule has 4 rings (SSSR count). The third-order valence-corrected chi connectivity index (χ3v) is 3.91. The van der Waals surface area contributed by atoms with Crippen molar-refractivity contribution in [3.8, 4) is 5.69 Å². The summed E-state index contributed by atoms with van der Waals surface area (Å²) in [4.78, 5) is 25.3. The van der Waals surface area contributed by atoms with Gasteiger partial charge in [-0.3, -0.25) is 9.59 Å². The number of hydrogen-bond donors (Lipinski definition) is 1. The van der Waals surface area contributed by atoms with Crippen LogP contribution in [0.1, 0.15) is 11.8 Å². The van der Waals surface area contributed by atoms with E-state index in [1.54, 1.807) is 30.3 Å². The van der Waals surface area contributed by atoms with E-state index in [2.05, 4.69) is 0 Å². The summed E-state index contributed by atoms with van der Waals surface area (Å²) >= 11 is 0. The molecule has 21 heavy (non-hydrogen) atoms. The first-order chi connectivity index (χ1) is 10.2. The Kier molecular flexibility index (Phi) is 2.40. The van der Waals surface area contributed by atoms with Gasteiger partial charge in [-0.1, -0.05) is 30.3 Å². The van der Waals surface area contributed by atoms with Crippen molar-refractivity contribution in [2.45, 2.75) is 12.6 Å². The number of aliphatic hydroxyl groups excluding tert-OH is 1. The molecule has 104 valence electrons. The molecule has 3 aromatic rings. The maximum atomic E-state index is 12.7. The Morgan fingerprint density at radius 1 is 0.905 bits per heavy atom. The van der Waals surface area contributed by atoms with Gasteiger partial charge in [-0.25, -0.2) is 9.36 Å². The van der Waals surface area contributed by atoms with Gasteiger partial charge in [0.15, 0.2) is 6.23 Å². The molecule has 1 aliphatic heterocycles. The highest BCUT2D eigenvalue weighted by molar-refractivity contribution is 5.80. The highest BCUT2D eigenvalue weighted by atomic mass is 16.3. The summed E-state index contributed by atoms with van der Waals surface area (Å²) in [6, 6.07) is 14.0. The number of aromatic nitrogens is 2. The monoisotopic (exact) mass is 280 g/mol. The molecule has 0 amide bonds. The van der Waals surface area contributed by atoms with Crippen LogP contribution in [0.15, 0.2) is 58.1 Å². The van der Waals surface area contributed by atoms with Crippen molar-refractivity contribution in [3.05, 3.63) is 74.8 Å². The summed E-state index contributed by atoms with van der Waals surface area (Å²) in [7, 11) is 0. The smallest absolute Gasteiger partial charge is 0.278 e. The van der Waals surface area contributed by atoms with E-state index < -0.39 is 6.23 Å². The van der Waals surface area contributed by atoms with E-state index in [0.717, 1.165) is 10.2 Å². The second kappa shape index (κ2) is 4.17. The molecular weight excluding hydrogens is 268 g/mol. The lowest BCUT2D eigenvalue weighted by atomic mass is 10.1. The summed E-state index contributed by atoms with van der Waals surface area (Å²) in [5.74, 6) is 0. The minimum atomic E-state index is -1.04. The van der Waals surface area contributed by atoms with Crippen LogP contribution in [0.25, 0.3) is 16.5 Å². The van der Waals surface area contributed by atoms with Crippen LogP contribution in [0.3, 0.4) is 0 Å². The van der Waals surface area contributed by atoms with Gasteiger partial charge in [-0.05, 0) is 23.8 Å². The summed E-state index contributed by atoms with van der Waals surface area (Å²) < 4.78 is 2.43. The zero-order chi connectivity index (χ0) is 14.6. The molecule has 0 saturated heterocycles. The summed E-state index contributed by atoms with van der Waals surface area (Å²) in [6.07, 6.45) is -0.724. The van der Waals surface area contributed by atoms with Crippen molar-refractivity contribution in [1.29, 1.82) is 0 Å². The fourth-order valence-electron chi connectivity index (χ4n) is 2.95. The predicted octanol–water partition coefficient (Wildman–Crippen LogP) is 1.20. The first-order valence-corrected chi connectivity index (χ1v) is 6.71. The number of rotatable bonds is 0. The average Bonchev–Trinajstić information content (AvgIpc) is 2.51. The Bertz CT molecular complexity index is 985. The Balaban J connectivity index is 2.27. The lowest BCUT2D eigenvalue weighted by Gasteiger charge is -2.27. The van der Waals surface area contributed by atoms with Gasteiger partial charge < -0.3 is 5.11 Å². The molecule has 0 bridgehead atoms. The van der Waals surface area contributed by atoms with Gasteiger partial charge in [0.25, 0.3) is 11.1 Å². The molecule has 5 heteroatoms. The van der Waals surface area contributed by atoms with E-state index in [9.17, 15) is 14.7 Å². The fourth-order valence-corrected chi connectivity index (χ4v) is 2.95. The van der Waals surface area contributed by atoms with Gasteiger partial charge in [0.1, 0.15) is 0 Å². The van der Waals surface area contributed by atoms with Crippen molar-refractivity contribution in [2.24, 2.45) is 0 Å². The lowest BCUT2D eigenvalue weighted by molar-refractivity contribution is 0.0705. The number of nitrogens with zero attached hydrogens (tertiary/aromatic N) is 2. The van der Waals surface area contributed by atoms with E-state index in [-0.39, 0.29) is 11.1 Å². The highest BCUT2D eigenvalue weighted by Gasteiger charge is 2.25. The Labute approximate surface area is 119 Å². The Morgan fingerprint density at radius 3 is 2.29 bits per heavy atom. The SMILES string of the molecule is O=c1c2ccccc2c(=O)n2n1-c1ccccc1CC2O. The number of para-hydroxylation sites is 1. The molecule has 0 radical (unpaired) electrons. The van der Waals surface area contributed by atoms with Crippen LogP contribution >= 0.6 is 0 Å². The molecule has 2 aromatic carbocycles. The molecule has 1 atom stereocenters. The van der Waals surface area contributed by atoms with Gasteiger partial charge in [-0.2, -0.15) is 0 Å². The van der Waals surface area contributed by atoms with E-state index in [1.807, 2.05) is 18.2 Å². The third-order valence-electron chi connectivity index (χ3n) is 3.91. The van der Waals surface area contributed by atoms with Crippen molar-refractivity contribution in [1.82, 2.24) is 9.36 Å². The van der Waals surface area contributed by atoms with Crippen LogP contribution in [0.2, 0.25) is 0 Å². The van der Waals surface area contributed by atoms with E-state index in [0.29, 0.717) is 22.9 Å². The van der Waals surface area contributed by atoms with Gasteiger partial charge in [-0.15, -0.1) is 0 Å². The first kappa shape index (κ1) is 12.1. The van der Waals surface area contributed by atoms with Crippen molar-refractivity contribution in [2.75, 3.05) is 0 Å². The topological polar surface area (TPSA) is 64.2 Å². The number of fused-ring (bicyclic) bond motifs is 4. The lowest BCUT2D eigenvalue weighted by Crippen LogP contribution is -2.43. The standard InChI is InChI=1S/C16H12N2O3/c19-14-9-10-5-1-4-8-13(10)17-15(20)11-6-2-3-7-12(11)16(21)18(14)17/h1-8,14,19H,9H2. The number of benzene rings is 2. The normalized spacial score (nSPS) is 16.5. The molecule has 5 nitrogen and oxygen atoms in total. The van der Waals surface area contributed by atoms with Crippen molar-refractivity contribution in [3.63, 3.8) is 0 Å². The molecule has 2 heterocycles. The summed E-state index contributed by atoms with van der Waals surface area (Å²) in [6.45, 7) is 0. The maximum absolute atomic E-state index is 12.7. The van der Waals surface area contributed by atoms with E-state index in [4.69, 9.17) is 0 Å². The molecular formula is C16H12N2O3. The van der Waals surface area contributed by atoms with Crippen molar-refractivity contribution >= 4 is 10.8 Å². The molecule has 0 spiro atoms. The van der Waals surface area contributed by atoms with Crippen LogP contribution in [-0.2, 0) is 6.42 Å². The zero-order valence-electron chi connectivity index (χ0n) is 11.1. The van der Waals surface area contributed by atoms with Gasteiger partial charge in [0, 0.05) is 6.42 Å².